The second-order valence-corrected chi connectivity index (χ2v) is 5.82. The van der Waals surface area contributed by atoms with Gasteiger partial charge in [-0.25, -0.2) is 0 Å². The molecule has 1 unspecified atom stereocenters. The van der Waals surface area contributed by atoms with Crippen LogP contribution in [0.4, 0.5) is 0 Å². The normalized spacial score (nSPS) is 35.6. The van der Waals surface area contributed by atoms with Crippen LogP contribution in [0.3, 0.4) is 0 Å². The topological polar surface area (TPSA) is 89.9 Å². The zero-order chi connectivity index (χ0) is 14.6. The fourth-order valence-corrected chi connectivity index (χ4v) is 4.07. The predicted octanol–water partition coefficient (Wildman–Crippen LogP) is -3.97. The Hall–Kier alpha value is 0.236. The van der Waals surface area contributed by atoms with Crippen molar-refractivity contribution in [1.29, 1.82) is 0 Å². The van der Waals surface area contributed by atoms with Crippen molar-refractivity contribution in [3.05, 3.63) is 11.3 Å². The van der Waals surface area contributed by atoms with E-state index in [0.717, 1.165) is 19.3 Å². The molecule has 0 spiro atoms. The first-order valence-corrected chi connectivity index (χ1v) is 6.98. The van der Waals surface area contributed by atoms with Gasteiger partial charge in [0.25, 0.3) is 0 Å². The second kappa shape index (κ2) is 6.39. The Labute approximate surface area is 165 Å². The number of aliphatic carboxylic acids is 1. The summed E-state index contributed by atoms with van der Waals surface area (Å²) in [7, 11) is 1.55. The standard InChI is InChI=1S/C14H19NO5.K/c1-6(16)9-11-7-4-3-5-8(20-2)10(7)12(14(18)19)15(11)13(9)17;/h6-9,11,16H,3-5H2,1-2H3,(H,18,19);/q;+1/p-1/t6-,7-,8-,9-,11?;/m1./s1. The van der Waals surface area contributed by atoms with Crippen LogP contribution < -0.4 is 56.5 Å². The van der Waals surface area contributed by atoms with Crippen molar-refractivity contribution in [2.75, 3.05) is 7.11 Å². The van der Waals surface area contributed by atoms with E-state index in [9.17, 15) is 19.8 Å². The van der Waals surface area contributed by atoms with Crippen LogP contribution in [-0.4, -0.2) is 47.2 Å². The Balaban J connectivity index is 0.00000161. The second-order valence-electron chi connectivity index (χ2n) is 5.82. The van der Waals surface area contributed by atoms with Crippen molar-refractivity contribution >= 4 is 11.9 Å². The Morgan fingerprint density at radius 2 is 2.14 bits per heavy atom. The Morgan fingerprint density at radius 3 is 2.67 bits per heavy atom. The molecule has 5 atom stereocenters. The molecule has 3 rings (SSSR count). The van der Waals surface area contributed by atoms with Gasteiger partial charge in [-0.05, 0) is 31.8 Å². The monoisotopic (exact) mass is 319 g/mol. The first-order valence-electron chi connectivity index (χ1n) is 6.98. The number of carbonyl (C=O) groups excluding carboxylic acids is 2. The van der Waals surface area contributed by atoms with Crippen LogP contribution in [0.25, 0.3) is 0 Å². The maximum Gasteiger partial charge on any atom is 1.00 e. The van der Waals surface area contributed by atoms with Gasteiger partial charge >= 0.3 is 51.4 Å². The molecule has 0 aromatic carbocycles. The number of carboxylic acids is 1. The summed E-state index contributed by atoms with van der Waals surface area (Å²) in [5.74, 6) is -2.18. The van der Waals surface area contributed by atoms with Gasteiger partial charge < -0.3 is 24.6 Å². The molecule has 1 saturated carbocycles. The molecule has 3 aliphatic rings. The summed E-state index contributed by atoms with van der Waals surface area (Å²) in [6, 6.07) is -0.247. The largest absolute Gasteiger partial charge is 1.00 e. The predicted molar refractivity (Wildman–Crippen MR) is 66.0 cm³/mol. The molecule has 1 saturated heterocycles. The number of hydrogen-bond acceptors (Lipinski definition) is 5. The summed E-state index contributed by atoms with van der Waals surface area (Å²) in [6.45, 7) is 1.58. The molecule has 1 aliphatic carbocycles. The number of β-lactam (4-membered cyclic amide) rings is 1. The number of carboxylic acid groups (broad SMARTS) is 1. The third-order valence-electron chi connectivity index (χ3n) is 4.84. The van der Waals surface area contributed by atoms with Gasteiger partial charge in [0, 0.05) is 13.0 Å². The summed E-state index contributed by atoms with van der Waals surface area (Å²) in [5, 5.41) is 21.2. The van der Waals surface area contributed by atoms with Crippen molar-refractivity contribution in [3.8, 4) is 0 Å². The number of methoxy groups -OCH3 is 1. The molecule has 2 aliphatic heterocycles. The van der Waals surface area contributed by atoms with Crippen LogP contribution in [0.5, 0.6) is 0 Å². The van der Waals surface area contributed by atoms with Crippen molar-refractivity contribution in [3.63, 3.8) is 0 Å². The molecular formula is C14H18KNO5. The molecule has 0 radical (unpaired) electrons. The van der Waals surface area contributed by atoms with Crippen LogP contribution in [0.1, 0.15) is 26.2 Å². The molecule has 2 heterocycles. The number of ether oxygens (including phenoxy) is 1. The Bertz CT molecular complexity index is 504. The van der Waals surface area contributed by atoms with Gasteiger partial charge in [-0.15, -0.1) is 0 Å². The van der Waals surface area contributed by atoms with Gasteiger partial charge in [0.05, 0.1) is 35.8 Å². The van der Waals surface area contributed by atoms with E-state index >= 15 is 0 Å². The third-order valence-corrected chi connectivity index (χ3v) is 4.84. The SMILES string of the molecule is CO[C@@H]1CCC[C@@H]2C1=C(C(=O)[O-])N1C(=O)[C@H]([C@@H](C)O)C21.[K+]. The molecule has 2 fully saturated rings. The van der Waals surface area contributed by atoms with E-state index in [2.05, 4.69) is 0 Å². The molecule has 0 aromatic rings. The maximum absolute atomic E-state index is 12.1. The van der Waals surface area contributed by atoms with Crippen LogP contribution in [0, 0.1) is 11.8 Å². The van der Waals surface area contributed by atoms with E-state index in [4.69, 9.17) is 4.74 Å². The summed E-state index contributed by atoms with van der Waals surface area (Å²) < 4.78 is 5.39. The van der Waals surface area contributed by atoms with Gasteiger partial charge in [0.2, 0.25) is 5.91 Å². The number of amides is 1. The number of rotatable bonds is 3. The molecule has 0 bridgehead atoms. The van der Waals surface area contributed by atoms with E-state index in [1.807, 2.05) is 0 Å². The van der Waals surface area contributed by atoms with Gasteiger partial charge in [-0.3, -0.25) is 4.79 Å². The molecule has 1 amide bonds. The van der Waals surface area contributed by atoms with E-state index in [1.165, 1.54) is 4.90 Å². The van der Waals surface area contributed by atoms with Gasteiger partial charge in [-0.2, -0.15) is 0 Å². The molecular weight excluding hydrogens is 301 g/mol. The summed E-state index contributed by atoms with van der Waals surface area (Å²) in [6.07, 6.45) is 1.47. The number of nitrogens with zero attached hydrogens (tertiary/aromatic N) is 1. The zero-order valence-electron chi connectivity index (χ0n) is 12.5. The van der Waals surface area contributed by atoms with E-state index in [-0.39, 0.29) is 81.1 Å². The number of fused-ring (bicyclic) bond motifs is 3. The molecule has 0 aromatic heterocycles. The fraction of sp³-hybridized carbons (Fsp3) is 0.714. The zero-order valence-corrected chi connectivity index (χ0v) is 15.7. The first-order chi connectivity index (χ1) is 9.49. The van der Waals surface area contributed by atoms with Crippen molar-refractivity contribution in [2.45, 2.75) is 44.4 Å². The molecule has 6 nitrogen and oxygen atoms in total. The fourth-order valence-electron chi connectivity index (χ4n) is 4.07. The van der Waals surface area contributed by atoms with Crippen LogP contribution >= 0.6 is 0 Å². The van der Waals surface area contributed by atoms with Crippen LogP contribution in [-0.2, 0) is 14.3 Å². The first kappa shape index (κ1) is 17.6. The molecule has 21 heavy (non-hydrogen) atoms. The smallest absolute Gasteiger partial charge is 0.543 e. The third kappa shape index (κ3) is 2.47. The Morgan fingerprint density at radius 1 is 1.48 bits per heavy atom. The average Bonchev–Trinajstić information content (AvgIpc) is 2.69. The van der Waals surface area contributed by atoms with Crippen LogP contribution in [0.15, 0.2) is 11.3 Å². The molecule has 1 N–H and O–H groups in total. The maximum atomic E-state index is 12.1. The summed E-state index contributed by atoms with van der Waals surface area (Å²) >= 11 is 0. The van der Waals surface area contributed by atoms with Gasteiger partial charge in [0.1, 0.15) is 0 Å². The minimum absolute atomic E-state index is 0. The number of aliphatic hydroxyl groups is 1. The van der Waals surface area contributed by atoms with Crippen molar-refractivity contribution < 1.29 is 75.9 Å². The number of carbonyl (C=O) groups is 2. The number of hydrogen-bond donors (Lipinski definition) is 1. The van der Waals surface area contributed by atoms with E-state index in [1.54, 1.807) is 14.0 Å². The minimum atomic E-state index is -1.33. The quantitative estimate of drug-likeness (QED) is 0.423. The molecule has 7 heteroatoms. The van der Waals surface area contributed by atoms with Gasteiger partial charge in [0.15, 0.2) is 0 Å². The minimum Gasteiger partial charge on any atom is -0.543 e. The van der Waals surface area contributed by atoms with E-state index < -0.39 is 18.0 Å². The summed E-state index contributed by atoms with van der Waals surface area (Å²) in [4.78, 5) is 24.9. The van der Waals surface area contributed by atoms with Crippen molar-refractivity contribution in [2.24, 2.45) is 11.8 Å². The average molecular weight is 319 g/mol. The molecule has 110 valence electrons. The number of aliphatic hydroxyl groups excluding tert-OH is 1. The Kier molecular flexibility index (Phi) is 5.35. The van der Waals surface area contributed by atoms with Gasteiger partial charge in [-0.1, -0.05) is 0 Å². The van der Waals surface area contributed by atoms with Crippen molar-refractivity contribution in [1.82, 2.24) is 4.90 Å². The summed E-state index contributed by atoms with van der Waals surface area (Å²) in [5.41, 5.74) is 0.661. The van der Waals surface area contributed by atoms with E-state index in [0.29, 0.717) is 5.57 Å². The van der Waals surface area contributed by atoms with Crippen LogP contribution in [0.2, 0.25) is 0 Å².